The third-order valence-electron chi connectivity index (χ3n) is 5.01. The van der Waals surface area contributed by atoms with Gasteiger partial charge < -0.3 is 9.52 Å². The van der Waals surface area contributed by atoms with Gasteiger partial charge in [0.15, 0.2) is 5.78 Å². The first-order valence-corrected chi connectivity index (χ1v) is 9.72. The molecule has 0 saturated carbocycles. The number of benzene rings is 3. The van der Waals surface area contributed by atoms with Crippen molar-refractivity contribution in [2.24, 2.45) is 0 Å². The van der Waals surface area contributed by atoms with Crippen molar-refractivity contribution in [2.45, 2.75) is 12.5 Å². The van der Waals surface area contributed by atoms with Gasteiger partial charge in [0.05, 0.1) is 6.54 Å². The number of Topliss-reactive ketones (excluding diaryl/α,β-unsaturated/α-hetero) is 1. The zero-order valence-corrected chi connectivity index (χ0v) is 16.2. The Labute approximate surface area is 174 Å². The van der Waals surface area contributed by atoms with Gasteiger partial charge in [-0.3, -0.25) is 14.9 Å². The summed E-state index contributed by atoms with van der Waals surface area (Å²) in [5.41, 5.74) is 3.18. The van der Waals surface area contributed by atoms with E-state index in [-0.39, 0.29) is 18.7 Å². The van der Waals surface area contributed by atoms with E-state index in [0.29, 0.717) is 5.56 Å². The summed E-state index contributed by atoms with van der Waals surface area (Å²) in [5, 5.41) is 13.4. The molecule has 0 radical (unpaired) electrons. The Balaban J connectivity index is 1.42. The predicted octanol–water partition coefficient (Wildman–Crippen LogP) is 4.57. The summed E-state index contributed by atoms with van der Waals surface area (Å²) in [7, 11) is 0. The van der Waals surface area contributed by atoms with Gasteiger partial charge in [-0.2, -0.15) is 0 Å². The molecule has 30 heavy (non-hydrogen) atoms. The molecule has 1 aromatic heterocycles. The minimum atomic E-state index is -0.989. The van der Waals surface area contributed by atoms with Crippen molar-refractivity contribution in [3.8, 4) is 11.3 Å². The van der Waals surface area contributed by atoms with Crippen molar-refractivity contribution in [3.63, 3.8) is 0 Å². The summed E-state index contributed by atoms with van der Waals surface area (Å²) >= 11 is 0. The van der Waals surface area contributed by atoms with Crippen molar-refractivity contribution in [2.75, 3.05) is 6.54 Å². The number of carbonyl (C=O) groups is 2. The van der Waals surface area contributed by atoms with Gasteiger partial charge >= 0.3 is 5.97 Å². The lowest BCUT2D eigenvalue weighted by molar-refractivity contribution is -0.139. The lowest BCUT2D eigenvalue weighted by Gasteiger charge is -2.14. The molecule has 0 amide bonds. The number of aliphatic carboxylic acids is 1. The number of fused-ring (bicyclic) bond motifs is 1. The van der Waals surface area contributed by atoms with E-state index < -0.39 is 12.0 Å². The maximum absolute atomic E-state index is 12.2. The molecule has 2 N–H and O–H groups in total. The normalized spacial score (nSPS) is 12.0. The van der Waals surface area contributed by atoms with Crippen LogP contribution in [0.1, 0.15) is 15.9 Å². The Morgan fingerprint density at radius 2 is 1.60 bits per heavy atom. The molecule has 0 bridgehead atoms. The van der Waals surface area contributed by atoms with E-state index in [0.717, 1.165) is 27.9 Å². The predicted molar refractivity (Wildman–Crippen MR) is 116 cm³/mol. The summed E-state index contributed by atoms with van der Waals surface area (Å²) in [6.07, 6.45) is 0.276. The zero-order chi connectivity index (χ0) is 20.9. The van der Waals surface area contributed by atoms with Crippen LogP contribution in [0.25, 0.3) is 22.3 Å². The van der Waals surface area contributed by atoms with Crippen LogP contribution in [-0.4, -0.2) is 29.4 Å². The third kappa shape index (κ3) is 4.47. The first-order valence-electron chi connectivity index (χ1n) is 9.72. The van der Waals surface area contributed by atoms with E-state index in [9.17, 15) is 14.7 Å². The molecular weight excluding hydrogens is 378 g/mol. The number of carbonyl (C=O) groups excluding carboxylic acids is 1. The molecule has 5 nitrogen and oxygen atoms in total. The minimum Gasteiger partial charge on any atom is -0.480 e. The first-order chi connectivity index (χ1) is 14.6. The summed E-state index contributed by atoms with van der Waals surface area (Å²) in [5.74, 6) is -0.358. The first kappa shape index (κ1) is 19.6. The van der Waals surface area contributed by atoms with Crippen LogP contribution < -0.4 is 5.32 Å². The number of rotatable bonds is 8. The van der Waals surface area contributed by atoms with E-state index in [2.05, 4.69) is 5.32 Å². The van der Waals surface area contributed by atoms with Crippen molar-refractivity contribution < 1.29 is 19.1 Å². The van der Waals surface area contributed by atoms with Gasteiger partial charge in [-0.05, 0) is 24.1 Å². The lowest BCUT2D eigenvalue weighted by atomic mass is 10.0. The summed E-state index contributed by atoms with van der Waals surface area (Å²) in [6, 6.07) is 25.4. The summed E-state index contributed by atoms with van der Waals surface area (Å²) < 4.78 is 5.88. The fourth-order valence-corrected chi connectivity index (χ4v) is 3.35. The van der Waals surface area contributed by atoms with E-state index in [1.165, 1.54) is 0 Å². The van der Waals surface area contributed by atoms with Crippen LogP contribution >= 0.6 is 0 Å². The maximum Gasteiger partial charge on any atom is 0.321 e. The molecule has 3 aromatic carbocycles. The number of hydrogen-bond acceptors (Lipinski definition) is 4. The Morgan fingerprint density at radius 1 is 0.900 bits per heavy atom. The second-order valence-corrected chi connectivity index (χ2v) is 7.11. The SMILES string of the molecule is O=C(CNC(Cc1ccc(-c2cc3ccccc3o2)cc1)C(=O)O)c1ccccc1. The van der Waals surface area contributed by atoms with Crippen molar-refractivity contribution >= 4 is 22.7 Å². The molecule has 1 heterocycles. The molecule has 5 heteroatoms. The van der Waals surface area contributed by atoms with Crippen LogP contribution in [0.3, 0.4) is 0 Å². The van der Waals surface area contributed by atoms with Crippen LogP contribution in [-0.2, 0) is 11.2 Å². The van der Waals surface area contributed by atoms with Crippen LogP contribution in [0, 0.1) is 0 Å². The Bertz CT molecular complexity index is 1130. The average molecular weight is 399 g/mol. The largest absolute Gasteiger partial charge is 0.480 e. The standard InChI is InChI=1S/C25H21NO4/c27-22(18-6-2-1-3-7-18)16-26-21(25(28)29)14-17-10-12-19(13-11-17)24-15-20-8-4-5-9-23(20)30-24/h1-13,15,21,26H,14,16H2,(H,28,29). The maximum atomic E-state index is 12.2. The van der Waals surface area contributed by atoms with E-state index in [4.69, 9.17) is 4.42 Å². The quantitative estimate of drug-likeness (QED) is 0.424. The molecular formula is C25H21NO4. The molecule has 4 rings (SSSR count). The highest BCUT2D eigenvalue weighted by atomic mass is 16.4. The Kier molecular flexibility index (Phi) is 5.72. The van der Waals surface area contributed by atoms with Gasteiger partial charge in [0, 0.05) is 16.5 Å². The molecule has 150 valence electrons. The van der Waals surface area contributed by atoms with Gasteiger partial charge in [-0.15, -0.1) is 0 Å². The fourth-order valence-electron chi connectivity index (χ4n) is 3.35. The van der Waals surface area contributed by atoms with Gasteiger partial charge in [0.25, 0.3) is 0 Å². The molecule has 0 fully saturated rings. The average Bonchev–Trinajstić information content (AvgIpc) is 3.21. The number of carboxylic acid groups (broad SMARTS) is 1. The van der Waals surface area contributed by atoms with Gasteiger partial charge in [-0.1, -0.05) is 72.8 Å². The molecule has 0 spiro atoms. The highest BCUT2D eigenvalue weighted by molar-refractivity contribution is 5.97. The van der Waals surface area contributed by atoms with Crippen molar-refractivity contribution in [1.29, 1.82) is 0 Å². The number of furan rings is 1. The van der Waals surface area contributed by atoms with Crippen molar-refractivity contribution in [3.05, 3.63) is 96.1 Å². The third-order valence-corrected chi connectivity index (χ3v) is 5.01. The fraction of sp³-hybridized carbons (Fsp3) is 0.120. The highest BCUT2D eigenvalue weighted by Gasteiger charge is 2.19. The lowest BCUT2D eigenvalue weighted by Crippen LogP contribution is -2.41. The minimum absolute atomic E-state index is 0.0297. The number of para-hydroxylation sites is 1. The highest BCUT2D eigenvalue weighted by Crippen LogP contribution is 2.27. The van der Waals surface area contributed by atoms with E-state index in [1.807, 2.05) is 60.7 Å². The smallest absolute Gasteiger partial charge is 0.321 e. The summed E-state index contributed by atoms with van der Waals surface area (Å²) in [6.45, 7) is -0.0297. The second kappa shape index (κ2) is 8.76. The molecule has 0 aliphatic heterocycles. The van der Waals surface area contributed by atoms with E-state index in [1.54, 1.807) is 24.3 Å². The van der Waals surface area contributed by atoms with Gasteiger partial charge in [-0.25, -0.2) is 0 Å². The molecule has 1 atom stereocenters. The van der Waals surface area contributed by atoms with Crippen LogP contribution in [0.2, 0.25) is 0 Å². The van der Waals surface area contributed by atoms with Gasteiger partial charge in [0.2, 0.25) is 0 Å². The van der Waals surface area contributed by atoms with E-state index >= 15 is 0 Å². The number of carboxylic acids is 1. The number of ketones is 1. The molecule has 4 aromatic rings. The van der Waals surface area contributed by atoms with Crippen LogP contribution in [0.4, 0.5) is 0 Å². The summed E-state index contributed by atoms with van der Waals surface area (Å²) in [4.78, 5) is 23.9. The molecule has 1 unspecified atom stereocenters. The number of nitrogens with one attached hydrogen (secondary N) is 1. The van der Waals surface area contributed by atoms with Gasteiger partial charge in [0.1, 0.15) is 17.4 Å². The second-order valence-electron chi connectivity index (χ2n) is 7.11. The molecule has 0 saturated heterocycles. The Hall–Kier alpha value is -3.70. The molecule has 0 aliphatic carbocycles. The van der Waals surface area contributed by atoms with Crippen molar-refractivity contribution in [1.82, 2.24) is 5.32 Å². The number of hydrogen-bond donors (Lipinski definition) is 2. The monoisotopic (exact) mass is 399 g/mol. The molecule has 0 aliphatic rings. The topological polar surface area (TPSA) is 79.5 Å². The van der Waals surface area contributed by atoms with Crippen LogP contribution in [0.15, 0.2) is 89.3 Å². The Morgan fingerprint density at radius 3 is 2.30 bits per heavy atom. The zero-order valence-electron chi connectivity index (χ0n) is 16.2. The van der Waals surface area contributed by atoms with Crippen LogP contribution in [0.5, 0.6) is 0 Å².